The average molecular weight is 473 g/mol. The molecule has 1 N–H and O–H groups in total. The lowest BCUT2D eigenvalue weighted by Crippen LogP contribution is -2.45. The van der Waals surface area contributed by atoms with E-state index in [1.54, 1.807) is 12.1 Å². The fourth-order valence-electron chi connectivity index (χ4n) is 3.85. The van der Waals surface area contributed by atoms with Gasteiger partial charge in [0.05, 0.1) is 25.4 Å². The van der Waals surface area contributed by atoms with Gasteiger partial charge in [0, 0.05) is 11.1 Å². The Kier molecular flexibility index (Phi) is 7.55. The number of benzene rings is 2. The number of para-hydroxylation sites is 1. The van der Waals surface area contributed by atoms with Crippen molar-refractivity contribution < 1.29 is 27.2 Å². The summed E-state index contributed by atoms with van der Waals surface area (Å²) in [5.41, 5.74) is 2.94. The molecular weight excluding hydrogens is 444 g/mol. The highest BCUT2D eigenvalue weighted by atomic mass is 32.2. The molecule has 0 spiro atoms. The third-order valence-electron chi connectivity index (χ3n) is 5.65. The van der Waals surface area contributed by atoms with Gasteiger partial charge in [-0.05, 0) is 67.6 Å². The van der Waals surface area contributed by atoms with Gasteiger partial charge in [-0.1, -0.05) is 25.1 Å². The van der Waals surface area contributed by atoms with Crippen LogP contribution in [-0.2, 0) is 19.8 Å². The van der Waals surface area contributed by atoms with Gasteiger partial charge >= 0.3 is 16.3 Å². The Hall–Kier alpha value is -3.17. The number of ether oxygens (including phenoxy) is 2. The molecule has 0 aliphatic heterocycles. The molecule has 0 aliphatic rings. The smallest absolute Gasteiger partial charge is 0.360 e. The minimum atomic E-state index is -4.76. The molecule has 1 aromatic heterocycles. The van der Waals surface area contributed by atoms with Crippen LogP contribution in [0.4, 0.5) is 5.69 Å². The van der Waals surface area contributed by atoms with Gasteiger partial charge in [0.1, 0.15) is 11.8 Å². The third-order valence-corrected chi connectivity index (χ3v) is 6.62. The Labute approximate surface area is 194 Å². The van der Waals surface area contributed by atoms with Crippen LogP contribution in [0.1, 0.15) is 36.9 Å². The van der Waals surface area contributed by atoms with Crippen LogP contribution >= 0.6 is 0 Å². The topological polar surface area (TPSA) is 106 Å². The molecule has 3 rings (SSSR count). The zero-order chi connectivity index (χ0) is 24.2. The van der Waals surface area contributed by atoms with E-state index < -0.39 is 22.3 Å². The first-order valence-electron chi connectivity index (χ1n) is 10.5. The number of anilines is 1. The fraction of sp³-hybridized carbons (Fsp3) is 0.333. The Morgan fingerprint density at radius 1 is 1.09 bits per heavy atom. The van der Waals surface area contributed by atoms with E-state index in [-0.39, 0.29) is 18.0 Å². The van der Waals surface area contributed by atoms with Crippen molar-refractivity contribution in [3.63, 3.8) is 0 Å². The molecule has 0 amide bonds. The zero-order valence-corrected chi connectivity index (χ0v) is 19.9. The Morgan fingerprint density at radius 3 is 2.36 bits per heavy atom. The van der Waals surface area contributed by atoms with Crippen LogP contribution in [-0.4, -0.2) is 44.2 Å². The van der Waals surface area contributed by atoms with Crippen LogP contribution < -0.4 is 9.04 Å². The number of methoxy groups -OCH3 is 2. The monoisotopic (exact) mass is 472 g/mol. The predicted octanol–water partition coefficient (Wildman–Crippen LogP) is 4.29. The summed E-state index contributed by atoms with van der Waals surface area (Å²) < 4.78 is 45.2. The summed E-state index contributed by atoms with van der Waals surface area (Å²) in [7, 11) is -2.10. The summed E-state index contributed by atoms with van der Waals surface area (Å²) in [5.74, 6) is -0.326. The van der Waals surface area contributed by atoms with Crippen molar-refractivity contribution >= 4 is 32.9 Å². The van der Waals surface area contributed by atoms with E-state index in [4.69, 9.17) is 14.5 Å². The first kappa shape index (κ1) is 24.5. The molecular formula is C24H28N2O6S. The van der Waals surface area contributed by atoms with Gasteiger partial charge in [-0.3, -0.25) is 9.54 Å². The van der Waals surface area contributed by atoms with E-state index in [9.17, 15) is 17.8 Å². The largest absolute Gasteiger partial charge is 0.497 e. The second-order valence-electron chi connectivity index (χ2n) is 7.87. The Morgan fingerprint density at radius 2 is 1.76 bits per heavy atom. The van der Waals surface area contributed by atoms with Crippen LogP contribution in [0.3, 0.4) is 0 Å². The van der Waals surface area contributed by atoms with Gasteiger partial charge in [-0.25, -0.2) is 9.10 Å². The second-order valence-corrected chi connectivity index (χ2v) is 9.16. The number of hydrogen-bond donors (Lipinski definition) is 1. The molecule has 8 nitrogen and oxygen atoms in total. The van der Waals surface area contributed by atoms with Crippen molar-refractivity contribution in [3.05, 3.63) is 65.9 Å². The summed E-state index contributed by atoms with van der Waals surface area (Å²) in [4.78, 5) is 17.3. The second kappa shape index (κ2) is 10.2. The molecule has 0 aliphatic carbocycles. The highest BCUT2D eigenvalue weighted by Crippen LogP contribution is 2.29. The Bertz CT molecular complexity index is 1230. The minimum absolute atomic E-state index is 0.0698. The number of esters is 1. The van der Waals surface area contributed by atoms with Crippen LogP contribution in [0.25, 0.3) is 10.9 Å². The first-order valence-corrected chi connectivity index (χ1v) is 11.9. The quantitative estimate of drug-likeness (QED) is 0.366. The van der Waals surface area contributed by atoms with Crippen molar-refractivity contribution in [2.24, 2.45) is 0 Å². The summed E-state index contributed by atoms with van der Waals surface area (Å²) in [6.07, 6.45) is 0.555. The van der Waals surface area contributed by atoms with E-state index in [2.05, 4.69) is 0 Å². The van der Waals surface area contributed by atoms with Crippen LogP contribution in [0, 0.1) is 6.92 Å². The molecule has 9 heteroatoms. The SMILES string of the molecule is COC(=O)C(CCC(C)c1cc(C)c2ccccc2n1)N(c1ccc(OC)cc1)S(=O)(=O)O. The van der Waals surface area contributed by atoms with Crippen molar-refractivity contribution in [3.8, 4) is 5.75 Å². The van der Waals surface area contributed by atoms with E-state index >= 15 is 0 Å². The molecule has 176 valence electrons. The number of fused-ring (bicyclic) bond motifs is 1. The number of rotatable bonds is 9. The van der Waals surface area contributed by atoms with E-state index in [1.165, 1.54) is 26.4 Å². The van der Waals surface area contributed by atoms with Crippen molar-refractivity contribution in [2.75, 3.05) is 18.5 Å². The predicted molar refractivity (Wildman–Crippen MR) is 127 cm³/mol. The van der Waals surface area contributed by atoms with Crippen molar-refractivity contribution in [2.45, 2.75) is 38.6 Å². The number of carbonyl (C=O) groups is 1. The van der Waals surface area contributed by atoms with E-state index in [0.717, 1.165) is 22.2 Å². The molecule has 2 unspecified atom stereocenters. The van der Waals surface area contributed by atoms with Crippen molar-refractivity contribution in [1.82, 2.24) is 4.98 Å². The number of aryl methyl sites for hydroxylation is 1. The third kappa shape index (κ3) is 5.61. The van der Waals surface area contributed by atoms with Gasteiger partial charge in [0.25, 0.3) is 0 Å². The first-order chi connectivity index (χ1) is 15.7. The number of pyridine rings is 1. The number of hydrogen-bond acceptors (Lipinski definition) is 6. The molecule has 3 aromatic rings. The number of nitrogens with zero attached hydrogens (tertiary/aromatic N) is 2. The maximum absolute atomic E-state index is 12.6. The molecule has 0 bridgehead atoms. The van der Waals surface area contributed by atoms with Gasteiger partial charge < -0.3 is 9.47 Å². The van der Waals surface area contributed by atoms with Gasteiger partial charge in [0.2, 0.25) is 0 Å². The summed E-state index contributed by atoms with van der Waals surface area (Å²) in [6, 6.07) is 14.6. The van der Waals surface area contributed by atoms with Gasteiger partial charge in [-0.15, -0.1) is 0 Å². The number of carbonyl (C=O) groups excluding carboxylic acids is 1. The summed E-state index contributed by atoms with van der Waals surface area (Å²) in [6.45, 7) is 3.98. The molecule has 33 heavy (non-hydrogen) atoms. The molecule has 2 atom stereocenters. The highest BCUT2D eigenvalue weighted by molar-refractivity contribution is 7.87. The number of aromatic nitrogens is 1. The molecule has 0 radical (unpaired) electrons. The molecule has 0 fully saturated rings. The minimum Gasteiger partial charge on any atom is -0.497 e. The summed E-state index contributed by atoms with van der Waals surface area (Å²) in [5, 5.41) is 1.07. The van der Waals surface area contributed by atoms with Gasteiger partial charge in [-0.2, -0.15) is 8.42 Å². The fourth-order valence-corrected chi connectivity index (χ4v) is 4.75. The normalized spacial score (nSPS) is 13.4. The van der Waals surface area contributed by atoms with Crippen molar-refractivity contribution in [1.29, 1.82) is 0 Å². The van der Waals surface area contributed by atoms with Crippen LogP contribution in [0.15, 0.2) is 54.6 Å². The van der Waals surface area contributed by atoms with E-state index in [1.807, 2.05) is 44.2 Å². The lowest BCUT2D eigenvalue weighted by molar-refractivity contribution is -0.142. The molecule has 0 saturated heterocycles. The lowest BCUT2D eigenvalue weighted by Gasteiger charge is -2.29. The average Bonchev–Trinajstić information content (AvgIpc) is 2.80. The molecule has 1 heterocycles. The zero-order valence-electron chi connectivity index (χ0n) is 19.1. The van der Waals surface area contributed by atoms with Crippen LogP contribution in [0.5, 0.6) is 5.75 Å². The molecule has 0 saturated carbocycles. The Balaban J connectivity index is 1.89. The van der Waals surface area contributed by atoms with E-state index in [0.29, 0.717) is 16.5 Å². The van der Waals surface area contributed by atoms with Gasteiger partial charge in [0.15, 0.2) is 0 Å². The molecule has 2 aromatic carbocycles. The standard InChI is InChI=1S/C24H28N2O6S/c1-16(22-15-17(2)20-7-5-6-8-21(20)25-22)9-14-23(24(27)32-4)26(33(28,29)30)18-10-12-19(31-3)13-11-18/h5-8,10-13,15-16,23H,9,14H2,1-4H3,(H,28,29,30). The maximum atomic E-state index is 12.6. The highest BCUT2D eigenvalue weighted by Gasteiger charge is 2.35. The van der Waals surface area contributed by atoms with Crippen LogP contribution in [0.2, 0.25) is 0 Å². The summed E-state index contributed by atoms with van der Waals surface area (Å²) >= 11 is 0. The lowest BCUT2D eigenvalue weighted by atomic mass is 9.96. The maximum Gasteiger partial charge on any atom is 0.360 e.